The average molecular weight is 251 g/mol. The minimum atomic E-state index is 0. The Bertz CT molecular complexity index is 78.4. The van der Waals surface area contributed by atoms with Gasteiger partial charge in [0.05, 0.1) is 0 Å². The molecular weight excluding hydrogens is 224 g/mol. The molecule has 0 saturated carbocycles. The predicted molar refractivity (Wildman–Crippen MR) is 62.6 cm³/mol. The van der Waals surface area contributed by atoms with Gasteiger partial charge in [-0.05, 0) is 33.4 Å². The predicted octanol–water partition coefficient (Wildman–Crippen LogP) is 3.56. The third-order valence-electron chi connectivity index (χ3n) is 1.69. The average Bonchev–Trinajstić information content (AvgIpc) is 2.05. The largest absolute Gasteiger partial charge is 2.00 e. The molecule has 0 aliphatic carbocycles. The number of rotatable bonds is 5. The summed E-state index contributed by atoms with van der Waals surface area (Å²) in [4.78, 5) is 2.47. The van der Waals surface area contributed by atoms with Crippen molar-refractivity contribution in [3.05, 3.63) is 13.3 Å². The van der Waals surface area contributed by atoms with Gasteiger partial charge in [-0.15, -0.1) is 0 Å². The van der Waals surface area contributed by atoms with Gasteiger partial charge in [0.1, 0.15) is 0 Å². The molecule has 1 nitrogen and oxygen atoms in total. The Hall–Kier alpha value is 0.583. The Labute approximate surface area is 104 Å². The summed E-state index contributed by atoms with van der Waals surface area (Å²) in [6.45, 7) is 16.9. The van der Waals surface area contributed by atoms with Crippen LogP contribution < -0.4 is 0 Å². The number of nitrogens with zero attached hydrogens (tertiary/aromatic N) is 1. The third-order valence-corrected chi connectivity index (χ3v) is 1.69. The van der Waals surface area contributed by atoms with Gasteiger partial charge in [-0.3, -0.25) is 0 Å². The van der Waals surface area contributed by atoms with E-state index in [1.165, 1.54) is 13.0 Å². The van der Waals surface area contributed by atoms with Crippen LogP contribution >= 0.6 is 0 Å². The van der Waals surface area contributed by atoms with Gasteiger partial charge in [-0.2, -0.15) is 20.3 Å². The van der Waals surface area contributed by atoms with Gasteiger partial charge >= 0.3 is 19.5 Å². The van der Waals surface area contributed by atoms with E-state index in [9.17, 15) is 0 Å². The van der Waals surface area contributed by atoms with Crippen molar-refractivity contribution in [2.45, 2.75) is 53.5 Å². The molecule has 0 heterocycles. The molecule has 0 rings (SSSR count). The molecule has 0 bridgehead atoms. The van der Waals surface area contributed by atoms with Crippen molar-refractivity contribution in [3.63, 3.8) is 0 Å². The van der Waals surface area contributed by atoms with E-state index in [1.54, 1.807) is 0 Å². The van der Waals surface area contributed by atoms with Crippen LogP contribution in [0, 0.1) is 13.3 Å². The van der Waals surface area contributed by atoms with Gasteiger partial charge in [0.25, 0.3) is 0 Å². The van der Waals surface area contributed by atoms with Gasteiger partial charge in [-0.25, -0.2) is 0 Å². The Morgan fingerprint density at radius 2 is 1.64 bits per heavy atom. The molecule has 0 aromatic carbocycles. The van der Waals surface area contributed by atoms with Crippen molar-refractivity contribution >= 4 is 0 Å². The normalized spacial score (nSPS) is 9.43. The minimum absolute atomic E-state index is 0. The van der Waals surface area contributed by atoms with Crippen molar-refractivity contribution in [1.82, 2.24) is 4.90 Å². The molecule has 2 heteroatoms. The van der Waals surface area contributed by atoms with Crippen LogP contribution in [0.2, 0.25) is 0 Å². The topological polar surface area (TPSA) is 3.24 Å². The number of hydrogen-bond donors (Lipinski definition) is 0. The molecule has 0 N–H and O–H groups in total. The van der Waals surface area contributed by atoms with Crippen LogP contribution in [0.1, 0.15) is 47.5 Å². The zero-order chi connectivity index (χ0) is 10.7. The van der Waals surface area contributed by atoms with Crippen LogP contribution in [0.15, 0.2) is 0 Å². The summed E-state index contributed by atoms with van der Waals surface area (Å²) in [5.41, 5.74) is 0. The second-order valence-corrected chi connectivity index (χ2v) is 3.56. The molecule has 82 valence electrons. The van der Waals surface area contributed by atoms with Gasteiger partial charge in [0.15, 0.2) is 0 Å². The fourth-order valence-electron chi connectivity index (χ4n) is 1.12. The summed E-state index contributed by atoms with van der Waals surface area (Å²) in [5, 5.41) is 0. The maximum atomic E-state index is 3.85. The first-order chi connectivity index (χ1) is 6.13. The monoisotopic (exact) mass is 249 g/mol. The van der Waals surface area contributed by atoms with Crippen LogP contribution in [0.4, 0.5) is 0 Å². The van der Waals surface area contributed by atoms with Crippen molar-refractivity contribution in [3.8, 4) is 0 Å². The summed E-state index contributed by atoms with van der Waals surface area (Å²) < 4.78 is 0. The van der Waals surface area contributed by atoms with Crippen molar-refractivity contribution < 1.29 is 19.5 Å². The quantitative estimate of drug-likeness (QED) is 0.533. The van der Waals surface area contributed by atoms with Crippen molar-refractivity contribution in [2.75, 3.05) is 13.1 Å². The van der Waals surface area contributed by atoms with Gasteiger partial charge in [0.2, 0.25) is 0 Å². The van der Waals surface area contributed by atoms with E-state index < -0.39 is 0 Å². The zero-order valence-corrected chi connectivity index (χ0v) is 13.8. The molecule has 0 aliphatic rings. The second kappa shape index (κ2) is 16.0. The molecule has 0 saturated heterocycles. The van der Waals surface area contributed by atoms with E-state index in [-0.39, 0.29) is 19.5 Å². The van der Waals surface area contributed by atoms with E-state index in [0.717, 1.165) is 13.0 Å². The Morgan fingerprint density at radius 1 is 1.21 bits per heavy atom. The van der Waals surface area contributed by atoms with E-state index in [2.05, 4.69) is 32.6 Å². The van der Waals surface area contributed by atoms with Crippen molar-refractivity contribution in [1.29, 1.82) is 0 Å². The van der Waals surface area contributed by atoms with E-state index in [1.807, 2.05) is 20.3 Å². The Morgan fingerprint density at radius 3 is 1.86 bits per heavy atom. The standard InChI is InChI=1S/C9H20N.C3H7.Zn/c1-5-7-10(8-6-2)9(3)4;1-3-2;/h9H,1,5-8H2,2-4H3;3H,1-2H3;/q2*-1;+2. The maximum absolute atomic E-state index is 3.85. The SMILES string of the molecule is C[CH-]C.[CH2-]CCN(CCC)C(C)C.[Zn+2]. The number of hydrogen-bond acceptors (Lipinski definition) is 1. The molecule has 0 fully saturated rings. The molecule has 14 heavy (non-hydrogen) atoms. The van der Waals surface area contributed by atoms with Crippen LogP contribution in [0.25, 0.3) is 0 Å². The molecule has 0 aromatic rings. The molecule has 0 aliphatic heterocycles. The smallest absolute Gasteiger partial charge is 0.342 e. The first-order valence-electron chi connectivity index (χ1n) is 5.41. The van der Waals surface area contributed by atoms with Crippen LogP contribution in [-0.2, 0) is 19.5 Å². The summed E-state index contributed by atoms with van der Waals surface area (Å²) in [5.74, 6) is 0. The third kappa shape index (κ3) is 15.1. The first kappa shape index (κ1) is 20.1. The first-order valence-corrected chi connectivity index (χ1v) is 5.41. The van der Waals surface area contributed by atoms with E-state index >= 15 is 0 Å². The van der Waals surface area contributed by atoms with E-state index in [0.29, 0.717) is 6.04 Å². The summed E-state index contributed by atoms with van der Waals surface area (Å²) in [7, 11) is 0. The van der Waals surface area contributed by atoms with Crippen molar-refractivity contribution in [2.24, 2.45) is 0 Å². The Balaban J connectivity index is -0.000000267. The van der Waals surface area contributed by atoms with E-state index in [4.69, 9.17) is 0 Å². The van der Waals surface area contributed by atoms with Gasteiger partial charge < -0.3 is 18.2 Å². The summed E-state index contributed by atoms with van der Waals surface area (Å²) >= 11 is 0. The van der Waals surface area contributed by atoms with Crippen LogP contribution in [0.5, 0.6) is 0 Å². The second-order valence-electron chi connectivity index (χ2n) is 3.56. The fraction of sp³-hybridized carbons (Fsp3) is 0.833. The molecule has 0 aromatic heterocycles. The molecule has 0 radical (unpaired) electrons. The Kier molecular flexibility index (Phi) is 23.0. The molecule has 0 spiro atoms. The molecule has 0 atom stereocenters. The summed E-state index contributed by atoms with van der Waals surface area (Å²) in [6, 6.07) is 0.682. The maximum Gasteiger partial charge on any atom is 2.00 e. The molecular formula is C12H27NZn. The van der Waals surface area contributed by atoms with Gasteiger partial charge in [-0.1, -0.05) is 6.92 Å². The van der Waals surface area contributed by atoms with Crippen LogP contribution in [0.3, 0.4) is 0 Å². The minimum Gasteiger partial charge on any atom is -0.342 e. The van der Waals surface area contributed by atoms with Crippen LogP contribution in [-0.4, -0.2) is 24.0 Å². The molecule has 0 amide bonds. The summed E-state index contributed by atoms with van der Waals surface area (Å²) in [6.07, 6.45) is 4.27. The van der Waals surface area contributed by atoms with Gasteiger partial charge in [0, 0.05) is 6.04 Å². The molecule has 0 unspecified atom stereocenters. The fourth-order valence-corrected chi connectivity index (χ4v) is 1.12. The zero-order valence-electron chi connectivity index (χ0n) is 10.8.